The Kier molecular flexibility index (Phi) is 6.19. The van der Waals surface area contributed by atoms with Gasteiger partial charge in [-0.25, -0.2) is 19.7 Å². The molecule has 8 nitrogen and oxygen atoms in total. The van der Waals surface area contributed by atoms with Crippen LogP contribution in [-0.2, 0) is 10.9 Å². The number of rotatable bonds is 2. The van der Waals surface area contributed by atoms with Gasteiger partial charge < -0.3 is 14.5 Å². The SMILES string of the molecule is CC(C)(C)OC(=O)N1CCC2(CCN(c3nc(-c4ccncc4)nc4cnc(C(F)(F)F)cc34)CC2)C1. The maximum Gasteiger partial charge on any atom is 0.433 e. The smallest absolute Gasteiger partial charge is 0.433 e. The van der Waals surface area contributed by atoms with Gasteiger partial charge in [0.15, 0.2) is 5.82 Å². The number of ether oxygens (including phenoxy) is 1. The van der Waals surface area contributed by atoms with Gasteiger partial charge in [-0.3, -0.25) is 4.98 Å². The molecule has 2 aliphatic rings. The van der Waals surface area contributed by atoms with Crippen LogP contribution in [0.5, 0.6) is 0 Å². The molecule has 0 unspecified atom stereocenters. The van der Waals surface area contributed by atoms with Gasteiger partial charge in [0.05, 0.1) is 11.7 Å². The molecule has 0 bridgehead atoms. The van der Waals surface area contributed by atoms with E-state index in [2.05, 4.69) is 15.0 Å². The summed E-state index contributed by atoms with van der Waals surface area (Å²) in [5.74, 6) is 0.866. The first kappa shape index (κ1) is 25.2. The number of aromatic nitrogens is 4. The summed E-state index contributed by atoms with van der Waals surface area (Å²) in [4.78, 5) is 33.2. The van der Waals surface area contributed by atoms with Gasteiger partial charge in [0, 0.05) is 49.5 Å². The highest BCUT2D eigenvalue weighted by Crippen LogP contribution is 2.43. The summed E-state index contributed by atoms with van der Waals surface area (Å²) < 4.78 is 46.0. The van der Waals surface area contributed by atoms with Crippen molar-refractivity contribution in [3.63, 3.8) is 0 Å². The fraction of sp³-hybridized carbons (Fsp3) is 0.500. The van der Waals surface area contributed by atoms with Crippen molar-refractivity contribution in [3.8, 4) is 11.4 Å². The van der Waals surface area contributed by atoms with E-state index in [0.717, 1.165) is 37.1 Å². The van der Waals surface area contributed by atoms with Crippen LogP contribution in [0.2, 0.25) is 0 Å². The lowest BCUT2D eigenvalue weighted by Crippen LogP contribution is -2.43. The van der Waals surface area contributed by atoms with Crippen molar-refractivity contribution in [2.45, 2.75) is 51.8 Å². The number of nitrogens with zero attached hydrogens (tertiary/aromatic N) is 6. The van der Waals surface area contributed by atoms with Gasteiger partial charge in [-0.05, 0) is 63.6 Å². The minimum absolute atomic E-state index is 0.0388. The van der Waals surface area contributed by atoms with Crippen LogP contribution in [0.4, 0.5) is 23.8 Å². The van der Waals surface area contributed by atoms with Gasteiger partial charge in [-0.2, -0.15) is 13.2 Å². The monoisotopic (exact) mass is 514 g/mol. The third kappa shape index (κ3) is 5.30. The van der Waals surface area contributed by atoms with Crippen LogP contribution in [0.15, 0.2) is 36.8 Å². The van der Waals surface area contributed by atoms with E-state index >= 15 is 0 Å². The second-order valence-electron chi connectivity index (χ2n) is 10.8. The van der Waals surface area contributed by atoms with E-state index in [4.69, 9.17) is 9.72 Å². The van der Waals surface area contributed by atoms with Crippen molar-refractivity contribution in [2.24, 2.45) is 5.41 Å². The summed E-state index contributed by atoms with van der Waals surface area (Å²) in [7, 11) is 0. The molecule has 3 aromatic rings. The van der Waals surface area contributed by atoms with E-state index in [0.29, 0.717) is 48.7 Å². The highest BCUT2D eigenvalue weighted by atomic mass is 19.4. The highest BCUT2D eigenvalue weighted by Gasteiger charge is 2.43. The minimum Gasteiger partial charge on any atom is -0.444 e. The molecule has 0 aromatic carbocycles. The van der Waals surface area contributed by atoms with Crippen LogP contribution >= 0.6 is 0 Å². The molecule has 1 spiro atoms. The predicted octanol–water partition coefficient (Wildman–Crippen LogP) is 5.33. The number of amides is 1. The van der Waals surface area contributed by atoms with Gasteiger partial charge in [0.1, 0.15) is 17.1 Å². The van der Waals surface area contributed by atoms with E-state index < -0.39 is 17.5 Å². The molecule has 0 aliphatic carbocycles. The Morgan fingerprint density at radius 1 is 1.03 bits per heavy atom. The number of anilines is 1. The Morgan fingerprint density at radius 3 is 2.35 bits per heavy atom. The molecular formula is C26H29F3N6O2. The van der Waals surface area contributed by atoms with E-state index in [1.807, 2.05) is 25.7 Å². The lowest BCUT2D eigenvalue weighted by atomic mass is 9.78. The molecule has 0 N–H and O–H groups in total. The molecule has 3 aromatic heterocycles. The summed E-state index contributed by atoms with van der Waals surface area (Å²) in [6, 6.07) is 4.56. The molecule has 0 radical (unpaired) electrons. The molecule has 196 valence electrons. The molecule has 2 saturated heterocycles. The molecule has 2 aliphatic heterocycles. The average Bonchev–Trinajstić information content (AvgIpc) is 3.26. The van der Waals surface area contributed by atoms with E-state index in [1.165, 1.54) is 0 Å². The highest BCUT2D eigenvalue weighted by molar-refractivity contribution is 5.91. The van der Waals surface area contributed by atoms with Gasteiger partial charge in [-0.1, -0.05) is 0 Å². The van der Waals surface area contributed by atoms with Crippen molar-refractivity contribution in [1.29, 1.82) is 0 Å². The Hall–Kier alpha value is -3.50. The van der Waals surface area contributed by atoms with Crippen LogP contribution in [0, 0.1) is 5.41 Å². The van der Waals surface area contributed by atoms with Crippen LogP contribution in [0.3, 0.4) is 0 Å². The molecule has 37 heavy (non-hydrogen) atoms. The third-order valence-electron chi connectivity index (χ3n) is 7.00. The fourth-order valence-electron chi connectivity index (χ4n) is 5.06. The molecule has 11 heteroatoms. The van der Waals surface area contributed by atoms with Crippen LogP contribution in [0.25, 0.3) is 22.3 Å². The number of carbonyl (C=O) groups is 1. The first-order valence-corrected chi connectivity index (χ1v) is 12.3. The van der Waals surface area contributed by atoms with Gasteiger partial charge in [-0.15, -0.1) is 0 Å². The van der Waals surface area contributed by atoms with Gasteiger partial charge in [0.25, 0.3) is 0 Å². The summed E-state index contributed by atoms with van der Waals surface area (Å²) in [6.07, 6.45) is 1.98. The zero-order chi connectivity index (χ0) is 26.4. The second kappa shape index (κ2) is 9.11. The number of fused-ring (bicyclic) bond motifs is 1. The summed E-state index contributed by atoms with van der Waals surface area (Å²) >= 11 is 0. The summed E-state index contributed by atoms with van der Waals surface area (Å²) in [6.45, 7) is 8.01. The number of pyridine rings is 2. The number of hydrogen-bond acceptors (Lipinski definition) is 7. The number of carbonyl (C=O) groups excluding carboxylic acids is 1. The number of alkyl halides is 3. The molecule has 0 atom stereocenters. The molecule has 5 rings (SSSR count). The van der Waals surface area contributed by atoms with Gasteiger partial charge >= 0.3 is 12.3 Å². The number of halogens is 3. The topological polar surface area (TPSA) is 84.3 Å². The predicted molar refractivity (Wildman–Crippen MR) is 132 cm³/mol. The molecule has 0 saturated carbocycles. The summed E-state index contributed by atoms with van der Waals surface area (Å²) in [5.41, 5.74) is -0.500. The van der Waals surface area contributed by atoms with Crippen molar-refractivity contribution >= 4 is 22.8 Å². The number of hydrogen-bond donors (Lipinski definition) is 0. The first-order chi connectivity index (χ1) is 17.4. The summed E-state index contributed by atoms with van der Waals surface area (Å²) in [5, 5.41) is 0.317. The zero-order valence-electron chi connectivity index (χ0n) is 21.0. The van der Waals surface area contributed by atoms with Crippen LogP contribution in [-0.4, -0.2) is 62.7 Å². The zero-order valence-corrected chi connectivity index (χ0v) is 21.0. The standard InChI is InChI=1S/C26H29F3N6O2/c1-24(2,3)37-23(36)35-13-8-25(16-35)6-11-34(12-7-25)22-18-14-20(26(27,28)29)31-15-19(18)32-21(33-22)17-4-9-30-10-5-17/h4-5,9-10,14-15H,6-8,11-13,16H2,1-3H3. The largest absolute Gasteiger partial charge is 0.444 e. The third-order valence-corrected chi connectivity index (χ3v) is 7.00. The fourth-order valence-corrected chi connectivity index (χ4v) is 5.06. The Labute approximate surface area is 212 Å². The Morgan fingerprint density at radius 2 is 1.70 bits per heavy atom. The minimum atomic E-state index is -4.57. The molecule has 5 heterocycles. The average molecular weight is 515 g/mol. The maximum atomic E-state index is 13.5. The number of piperidine rings is 1. The maximum absolute atomic E-state index is 13.5. The second-order valence-corrected chi connectivity index (χ2v) is 10.8. The van der Waals surface area contributed by atoms with Crippen molar-refractivity contribution in [2.75, 3.05) is 31.1 Å². The van der Waals surface area contributed by atoms with Gasteiger partial charge in [0.2, 0.25) is 0 Å². The first-order valence-electron chi connectivity index (χ1n) is 12.3. The normalized spacial score (nSPS) is 18.0. The van der Waals surface area contributed by atoms with Crippen molar-refractivity contribution < 1.29 is 22.7 Å². The molecule has 1 amide bonds. The van der Waals surface area contributed by atoms with E-state index in [9.17, 15) is 18.0 Å². The van der Waals surface area contributed by atoms with E-state index in [-0.39, 0.29) is 11.5 Å². The van der Waals surface area contributed by atoms with E-state index in [1.54, 1.807) is 29.4 Å². The lowest BCUT2D eigenvalue weighted by molar-refractivity contribution is -0.141. The van der Waals surface area contributed by atoms with Crippen LogP contribution < -0.4 is 4.90 Å². The number of likely N-dealkylation sites (tertiary alicyclic amines) is 1. The van der Waals surface area contributed by atoms with Crippen molar-refractivity contribution in [3.05, 3.63) is 42.5 Å². The molecule has 2 fully saturated rings. The van der Waals surface area contributed by atoms with Crippen LogP contribution in [0.1, 0.15) is 45.7 Å². The Bertz CT molecular complexity index is 1300. The Balaban J connectivity index is 1.43. The quantitative estimate of drug-likeness (QED) is 0.457. The molecular weight excluding hydrogens is 485 g/mol. The lowest BCUT2D eigenvalue weighted by Gasteiger charge is -2.40. The van der Waals surface area contributed by atoms with Crippen molar-refractivity contribution in [1.82, 2.24) is 24.8 Å².